The maximum Gasteiger partial charge on any atom is 0.123 e. The summed E-state index contributed by atoms with van der Waals surface area (Å²) in [6.07, 6.45) is 0. The van der Waals surface area contributed by atoms with Crippen LogP contribution in [0.1, 0.15) is 16.7 Å². The minimum absolute atomic E-state index is 0.186. The average Bonchev–Trinajstić information content (AvgIpc) is 2.41. The van der Waals surface area contributed by atoms with Crippen LogP contribution in [0.25, 0.3) is 0 Å². The molecule has 0 unspecified atom stereocenters. The first kappa shape index (κ1) is 14.5. The van der Waals surface area contributed by atoms with Gasteiger partial charge in [0.05, 0.1) is 0 Å². The van der Waals surface area contributed by atoms with Gasteiger partial charge in [0.2, 0.25) is 0 Å². The molecule has 0 saturated carbocycles. The molecule has 0 fully saturated rings. The van der Waals surface area contributed by atoms with Crippen LogP contribution in [0.4, 0.5) is 4.39 Å². The first-order chi connectivity index (χ1) is 9.65. The number of hydrogen-bond donors (Lipinski definition) is 1. The van der Waals surface area contributed by atoms with Gasteiger partial charge in [0.25, 0.3) is 0 Å². The van der Waals surface area contributed by atoms with E-state index < -0.39 is 0 Å². The zero-order valence-corrected chi connectivity index (χ0v) is 11.9. The van der Waals surface area contributed by atoms with E-state index in [1.165, 1.54) is 11.6 Å². The fourth-order valence-corrected chi connectivity index (χ4v) is 2.03. The van der Waals surface area contributed by atoms with E-state index >= 15 is 0 Å². The second-order valence-corrected chi connectivity index (χ2v) is 4.91. The van der Waals surface area contributed by atoms with Crippen LogP contribution in [-0.2, 0) is 6.54 Å². The Kier molecular flexibility index (Phi) is 5.13. The molecule has 0 heterocycles. The van der Waals surface area contributed by atoms with Crippen molar-refractivity contribution in [2.75, 3.05) is 13.2 Å². The summed E-state index contributed by atoms with van der Waals surface area (Å²) < 4.78 is 18.6. The largest absolute Gasteiger partial charge is 0.492 e. The quantitative estimate of drug-likeness (QED) is 0.812. The summed E-state index contributed by atoms with van der Waals surface area (Å²) in [6, 6.07) is 12.9. The van der Waals surface area contributed by atoms with Gasteiger partial charge >= 0.3 is 0 Å². The Labute approximate surface area is 119 Å². The Balaban J connectivity index is 1.71. The predicted molar refractivity (Wildman–Crippen MR) is 79.5 cm³/mol. The predicted octanol–water partition coefficient (Wildman–Crippen LogP) is 3.61. The fraction of sp³-hybridized carbons (Fsp3) is 0.294. The van der Waals surface area contributed by atoms with Crippen molar-refractivity contribution in [3.8, 4) is 5.75 Å². The first-order valence-corrected chi connectivity index (χ1v) is 6.80. The van der Waals surface area contributed by atoms with Crippen molar-refractivity contribution in [2.45, 2.75) is 20.4 Å². The van der Waals surface area contributed by atoms with E-state index in [0.717, 1.165) is 30.0 Å². The molecule has 0 atom stereocenters. The summed E-state index contributed by atoms with van der Waals surface area (Å²) in [5.41, 5.74) is 3.27. The lowest BCUT2D eigenvalue weighted by Crippen LogP contribution is -2.21. The third-order valence-corrected chi connectivity index (χ3v) is 3.16. The molecule has 2 nitrogen and oxygen atoms in total. The number of halogens is 1. The molecule has 20 heavy (non-hydrogen) atoms. The van der Waals surface area contributed by atoms with Crippen LogP contribution in [0.3, 0.4) is 0 Å². The van der Waals surface area contributed by atoms with E-state index in [2.05, 4.69) is 5.32 Å². The molecule has 0 aromatic heterocycles. The van der Waals surface area contributed by atoms with Gasteiger partial charge in [-0.2, -0.15) is 0 Å². The number of aryl methyl sites for hydroxylation is 2. The standard InChI is InChI=1S/C17H20FNO/c1-13-4-3-5-17(10-13)20-9-8-19-12-15-6-7-16(18)11-14(15)2/h3-7,10-11,19H,8-9,12H2,1-2H3. The van der Waals surface area contributed by atoms with Gasteiger partial charge in [0, 0.05) is 13.1 Å². The van der Waals surface area contributed by atoms with E-state index in [1.54, 1.807) is 6.07 Å². The van der Waals surface area contributed by atoms with Crippen molar-refractivity contribution in [1.29, 1.82) is 0 Å². The van der Waals surface area contributed by atoms with Crippen LogP contribution in [0.2, 0.25) is 0 Å². The van der Waals surface area contributed by atoms with E-state index in [1.807, 2.05) is 44.2 Å². The molecule has 0 bridgehead atoms. The Hall–Kier alpha value is -1.87. The maximum atomic E-state index is 13.0. The molecule has 2 aromatic carbocycles. The molecule has 2 aromatic rings. The van der Waals surface area contributed by atoms with Gasteiger partial charge in [-0.3, -0.25) is 0 Å². The highest BCUT2D eigenvalue weighted by Gasteiger charge is 2.00. The van der Waals surface area contributed by atoms with Gasteiger partial charge in [-0.1, -0.05) is 18.2 Å². The number of hydrogen-bond acceptors (Lipinski definition) is 2. The van der Waals surface area contributed by atoms with Crippen LogP contribution >= 0.6 is 0 Å². The number of rotatable bonds is 6. The lowest BCUT2D eigenvalue weighted by Gasteiger charge is -2.09. The van der Waals surface area contributed by atoms with E-state index in [9.17, 15) is 4.39 Å². The Morgan fingerprint density at radius 3 is 2.70 bits per heavy atom. The summed E-state index contributed by atoms with van der Waals surface area (Å²) in [6.45, 7) is 6.06. The molecule has 0 aliphatic heterocycles. The first-order valence-electron chi connectivity index (χ1n) is 6.80. The van der Waals surface area contributed by atoms with Crippen LogP contribution in [0, 0.1) is 19.7 Å². The van der Waals surface area contributed by atoms with E-state index in [-0.39, 0.29) is 5.82 Å². The minimum atomic E-state index is -0.186. The van der Waals surface area contributed by atoms with Crippen LogP contribution in [0.15, 0.2) is 42.5 Å². The van der Waals surface area contributed by atoms with Crippen molar-refractivity contribution < 1.29 is 9.13 Å². The summed E-state index contributed by atoms with van der Waals surface area (Å²) in [7, 11) is 0. The molecule has 0 radical (unpaired) electrons. The molecule has 3 heteroatoms. The average molecular weight is 273 g/mol. The Bertz CT molecular complexity index is 569. The van der Waals surface area contributed by atoms with E-state index in [4.69, 9.17) is 4.74 Å². The van der Waals surface area contributed by atoms with Gasteiger partial charge in [-0.05, 0) is 54.8 Å². The highest BCUT2D eigenvalue weighted by molar-refractivity contribution is 5.27. The third kappa shape index (κ3) is 4.35. The fourth-order valence-electron chi connectivity index (χ4n) is 2.03. The van der Waals surface area contributed by atoms with Gasteiger partial charge < -0.3 is 10.1 Å². The summed E-state index contributed by atoms with van der Waals surface area (Å²) in [5.74, 6) is 0.707. The van der Waals surface area contributed by atoms with Gasteiger partial charge in [-0.15, -0.1) is 0 Å². The molecule has 2 rings (SSSR count). The monoisotopic (exact) mass is 273 g/mol. The van der Waals surface area contributed by atoms with Gasteiger partial charge in [0.1, 0.15) is 18.2 Å². The highest BCUT2D eigenvalue weighted by atomic mass is 19.1. The Morgan fingerprint density at radius 1 is 1.10 bits per heavy atom. The molecule has 106 valence electrons. The molecule has 0 amide bonds. The van der Waals surface area contributed by atoms with Gasteiger partial charge in [-0.25, -0.2) is 4.39 Å². The van der Waals surface area contributed by atoms with Crippen LogP contribution in [-0.4, -0.2) is 13.2 Å². The molecule has 0 saturated heterocycles. The minimum Gasteiger partial charge on any atom is -0.492 e. The van der Waals surface area contributed by atoms with Crippen LogP contribution < -0.4 is 10.1 Å². The summed E-state index contributed by atoms with van der Waals surface area (Å²) >= 11 is 0. The number of nitrogens with one attached hydrogen (secondary N) is 1. The van der Waals surface area contributed by atoms with Crippen molar-refractivity contribution >= 4 is 0 Å². The summed E-state index contributed by atoms with van der Waals surface area (Å²) in [5, 5.41) is 3.30. The third-order valence-electron chi connectivity index (χ3n) is 3.16. The molecule has 0 aliphatic carbocycles. The normalized spacial score (nSPS) is 10.6. The molecule has 1 N–H and O–H groups in total. The second kappa shape index (κ2) is 7.06. The molecular formula is C17H20FNO. The molecule has 0 spiro atoms. The molecule has 0 aliphatic rings. The zero-order chi connectivity index (χ0) is 14.4. The smallest absolute Gasteiger partial charge is 0.123 e. The SMILES string of the molecule is Cc1cccc(OCCNCc2ccc(F)cc2C)c1. The summed E-state index contributed by atoms with van der Waals surface area (Å²) in [4.78, 5) is 0. The topological polar surface area (TPSA) is 21.3 Å². The number of ether oxygens (including phenoxy) is 1. The highest BCUT2D eigenvalue weighted by Crippen LogP contribution is 2.12. The van der Waals surface area contributed by atoms with Crippen molar-refractivity contribution in [1.82, 2.24) is 5.32 Å². The zero-order valence-electron chi connectivity index (χ0n) is 11.9. The number of benzene rings is 2. The Morgan fingerprint density at radius 2 is 1.95 bits per heavy atom. The van der Waals surface area contributed by atoms with Gasteiger partial charge in [0.15, 0.2) is 0 Å². The van der Waals surface area contributed by atoms with E-state index in [0.29, 0.717) is 6.61 Å². The maximum absolute atomic E-state index is 13.0. The lowest BCUT2D eigenvalue weighted by molar-refractivity contribution is 0.313. The van der Waals surface area contributed by atoms with Crippen molar-refractivity contribution in [3.63, 3.8) is 0 Å². The second-order valence-electron chi connectivity index (χ2n) is 4.91. The molecular weight excluding hydrogens is 253 g/mol. The van der Waals surface area contributed by atoms with Crippen molar-refractivity contribution in [2.24, 2.45) is 0 Å². The van der Waals surface area contributed by atoms with Crippen molar-refractivity contribution in [3.05, 3.63) is 65.0 Å². The lowest BCUT2D eigenvalue weighted by atomic mass is 10.1. The van der Waals surface area contributed by atoms with Crippen LogP contribution in [0.5, 0.6) is 5.75 Å².